The molecule has 0 amide bonds. The highest BCUT2D eigenvalue weighted by Crippen LogP contribution is 2.25. The maximum atomic E-state index is 9.21. The van der Waals surface area contributed by atoms with Gasteiger partial charge < -0.3 is 15.7 Å². The van der Waals surface area contributed by atoms with E-state index in [4.69, 9.17) is 35.4 Å². The van der Waals surface area contributed by atoms with E-state index in [0.29, 0.717) is 27.4 Å². The number of phenols is 1. The first-order chi connectivity index (χ1) is 10.0. The molecule has 2 rings (SSSR count). The van der Waals surface area contributed by atoms with Gasteiger partial charge in [0.15, 0.2) is 5.11 Å². The third-order valence-electron chi connectivity index (χ3n) is 2.81. The number of nitrogens with one attached hydrogen (secondary N) is 2. The van der Waals surface area contributed by atoms with Crippen molar-refractivity contribution in [3.63, 3.8) is 0 Å². The van der Waals surface area contributed by atoms with Crippen LogP contribution in [0.4, 0.5) is 5.69 Å². The van der Waals surface area contributed by atoms with Crippen molar-refractivity contribution in [2.24, 2.45) is 0 Å². The summed E-state index contributed by atoms with van der Waals surface area (Å²) < 4.78 is 0. The second-order valence-electron chi connectivity index (χ2n) is 4.42. The molecule has 3 N–H and O–H groups in total. The Bertz CT molecular complexity index is 632. The normalized spacial score (nSPS) is 10.2. The van der Waals surface area contributed by atoms with E-state index >= 15 is 0 Å². The molecule has 0 radical (unpaired) electrons. The number of benzene rings is 2. The van der Waals surface area contributed by atoms with E-state index in [-0.39, 0.29) is 5.75 Å². The van der Waals surface area contributed by atoms with Crippen molar-refractivity contribution in [3.8, 4) is 5.75 Å². The predicted molar refractivity (Wildman–Crippen MR) is 92.5 cm³/mol. The van der Waals surface area contributed by atoms with Crippen molar-refractivity contribution in [2.45, 2.75) is 6.42 Å². The van der Waals surface area contributed by atoms with Crippen molar-refractivity contribution in [1.29, 1.82) is 0 Å². The van der Waals surface area contributed by atoms with E-state index in [2.05, 4.69) is 10.6 Å². The van der Waals surface area contributed by atoms with Gasteiger partial charge in [-0.2, -0.15) is 0 Å². The van der Waals surface area contributed by atoms with Gasteiger partial charge in [0.05, 0.1) is 10.7 Å². The molecule has 0 atom stereocenters. The Kier molecular flexibility index (Phi) is 5.67. The van der Waals surface area contributed by atoms with Gasteiger partial charge in [-0.3, -0.25) is 0 Å². The van der Waals surface area contributed by atoms with Gasteiger partial charge in [0, 0.05) is 11.6 Å². The average molecular weight is 341 g/mol. The van der Waals surface area contributed by atoms with Crippen molar-refractivity contribution < 1.29 is 5.11 Å². The molecule has 0 aliphatic rings. The SMILES string of the molecule is Oc1ccc(CCNC(=S)Nc2ccc(Cl)cc2Cl)cc1. The van der Waals surface area contributed by atoms with Crippen molar-refractivity contribution in [1.82, 2.24) is 5.32 Å². The molecule has 0 aliphatic carbocycles. The smallest absolute Gasteiger partial charge is 0.170 e. The molecule has 0 aliphatic heterocycles. The molecule has 6 heteroatoms. The van der Waals surface area contributed by atoms with Gasteiger partial charge in [-0.25, -0.2) is 0 Å². The van der Waals surface area contributed by atoms with Crippen LogP contribution in [0.25, 0.3) is 0 Å². The molecule has 0 spiro atoms. The lowest BCUT2D eigenvalue weighted by molar-refractivity contribution is 0.475. The van der Waals surface area contributed by atoms with Crippen molar-refractivity contribution >= 4 is 46.2 Å². The summed E-state index contributed by atoms with van der Waals surface area (Å²) in [5.41, 5.74) is 1.83. The zero-order valence-electron chi connectivity index (χ0n) is 11.1. The Morgan fingerprint density at radius 3 is 2.48 bits per heavy atom. The number of thiocarbonyl (C=S) groups is 1. The molecular formula is C15H14Cl2N2OS. The zero-order valence-corrected chi connectivity index (χ0v) is 13.4. The summed E-state index contributed by atoms with van der Waals surface area (Å²) in [6.45, 7) is 0.682. The van der Waals surface area contributed by atoms with Gasteiger partial charge in [0.2, 0.25) is 0 Å². The molecule has 0 heterocycles. The van der Waals surface area contributed by atoms with Gasteiger partial charge in [-0.05, 0) is 54.5 Å². The van der Waals surface area contributed by atoms with Gasteiger partial charge in [-0.15, -0.1) is 0 Å². The van der Waals surface area contributed by atoms with Crippen molar-refractivity contribution in [2.75, 3.05) is 11.9 Å². The highest BCUT2D eigenvalue weighted by Gasteiger charge is 2.03. The van der Waals surface area contributed by atoms with Crippen LogP contribution in [0, 0.1) is 0 Å². The van der Waals surface area contributed by atoms with Crippen LogP contribution < -0.4 is 10.6 Å². The largest absolute Gasteiger partial charge is 0.508 e. The molecule has 2 aromatic carbocycles. The lowest BCUT2D eigenvalue weighted by Gasteiger charge is -2.12. The number of rotatable bonds is 4. The molecule has 0 unspecified atom stereocenters. The highest BCUT2D eigenvalue weighted by atomic mass is 35.5. The Hall–Kier alpha value is -1.49. The van der Waals surface area contributed by atoms with Crippen molar-refractivity contribution in [3.05, 3.63) is 58.1 Å². The third kappa shape index (κ3) is 5.08. The van der Waals surface area contributed by atoms with Crippen LogP contribution in [0.5, 0.6) is 5.75 Å². The predicted octanol–water partition coefficient (Wildman–Crippen LogP) is 4.23. The van der Waals surface area contributed by atoms with Crippen LogP contribution in [0.15, 0.2) is 42.5 Å². The van der Waals surface area contributed by atoms with Gasteiger partial charge in [0.1, 0.15) is 5.75 Å². The minimum atomic E-state index is 0.265. The minimum Gasteiger partial charge on any atom is -0.508 e. The summed E-state index contributed by atoms with van der Waals surface area (Å²) in [4.78, 5) is 0. The van der Waals surface area contributed by atoms with Gasteiger partial charge in [-0.1, -0.05) is 35.3 Å². The Morgan fingerprint density at radius 1 is 1.10 bits per heavy atom. The summed E-state index contributed by atoms with van der Waals surface area (Å²) in [7, 11) is 0. The lowest BCUT2D eigenvalue weighted by Crippen LogP contribution is -2.30. The summed E-state index contributed by atoms with van der Waals surface area (Å²) in [6.07, 6.45) is 0.802. The number of aromatic hydroxyl groups is 1. The maximum Gasteiger partial charge on any atom is 0.170 e. The number of hydrogen-bond donors (Lipinski definition) is 3. The molecule has 0 aromatic heterocycles. The Balaban J connectivity index is 1.81. The average Bonchev–Trinajstić information content (AvgIpc) is 2.44. The summed E-state index contributed by atoms with van der Waals surface area (Å²) in [5, 5.41) is 16.9. The highest BCUT2D eigenvalue weighted by molar-refractivity contribution is 7.80. The van der Waals surface area contributed by atoms with Crippen LogP contribution >= 0.6 is 35.4 Å². The molecule has 2 aromatic rings. The van der Waals surface area contributed by atoms with E-state index in [0.717, 1.165) is 12.0 Å². The van der Waals surface area contributed by atoms with E-state index < -0.39 is 0 Å². The summed E-state index contributed by atoms with van der Waals surface area (Å²) >= 11 is 17.1. The molecule has 0 saturated carbocycles. The van der Waals surface area contributed by atoms with Gasteiger partial charge >= 0.3 is 0 Å². The zero-order chi connectivity index (χ0) is 15.2. The third-order valence-corrected chi connectivity index (χ3v) is 3.61. The second kappa shape index (κ2) is 7.50. The van der Waals surface area contributed by atoms with Crippen LogP contribution in [0.1, 0.15) is 5.56 Å². The van der Waals surface area contributed by atoms with E-state index in [1.165, 1.54) is 0 Å². The molecule has 0 saturated heterocycles. The fourth-order valence-electron chi connectivity index (χ4n) is 1.74. The van der Waals surface area contributed by atoms with Crippen LogP contribution in [-0.4, -0.2) is 16.8 Å². The molecule has 3 nitrogen and oxygen atoms in total. The van der Waals surface area contributed by atoms with Gasteiger partial charge in [0.25, 0.3) is 0 Å². The van der Waals surface area contributed by atoms with E-state index in [1.807, 2.05) is 12.1 Å². The van der Waals surface area contributed by atoms with Crippen LogP contribution in [0.3, 0.4) is 0 Å². The number of phenolic OH excluding ortho intramolecular Hbond substituents is 1. The first kappa shape index (κ1) is 15.9. The van der Waals surface area contributed by atoms with E-state index in [1.54, 1.807) is 30.3 Å². The number of hydrogen-bond acceptors (Lipinski definition) is 2. The molecule has 21 heavy (non-hydrogen) atoms. The molecular weight excluding hydrogens is 327 g/mol. The lowest BCUT2D eigenvalue weighted by atomic mass is 10.1. The van der Waals surface area contributed by atoms with Crippen LogP contribution in [0.2, 0.25) is 10.0 Å². The number of anilines is 1. The Morgan fingerprint density at radius 2 is 1.81 bits per heavy atom. The molecule has 110 valence electrons. The first-order valence-corrected chi connectivity index (χ1v) is 7.49. The first-order valence-electron chi connectivity index (χ1n) is 6.32. The quantitative estimate of drug-likeness (QED) is 0.729. The summed E-state index contributed by atoms with van der Waals surface area (Å²) in [5.74, 6) is 0.265. The van der Waals surface area contributed by atoms with Crippen LogP contribution in [-0.2, 0) is 6.42 Å². The second-order valence-corrected chi connectivity index (χ2v) is 5.67. The van der Waals surface area contributed by atoms with E-state index in [9.17, 15) is 5.11 Å². The fraction of sp³-hybridized carbons (Fsp3) is 0.133. The standard InChI is InChI=1S/C15H14Cl2N2OS/c16-11-3-6-14(13(17)9-11)19-15(21)18-8-7-10-1-4-12(20)5-2-10/h1-6,9,20H,7-8H2,(H2,18,19,21). The maximum absolute atomic E-state index is 9.21. The molecule has 0 bridgehead atoms. The fourth-order valence-corrected chi connectivity index (χ4v) is 2.41. The minimum absolute atomic E-state index is 0.265. The molecule has 0 fully saturated rings. The topological polar surface area (TPSA) is 44.3 Å². The Labute approximate surface area is 138 Å². The monoisotopic (exact) mass is 340 g/mol. The number of halogens is 2. The summed E-state index contributed by atoms with van der Waals surface area (Å²) in [6, 6.07) is 12.3.